The van der Waals surface area contributed by atoms with Crippen LogP contribution in [-0.4, -0.2) is 16.7 Å². The van der Waals surface area contributed by atoms with Gasteiger partial charge in [-0.25, -0.2) is 4.98 Å². The molecule has 0 spiro atoms. The Bertz CT molecular complexity index is 630. The Morgan fingerprint density at radius 2 is 1.83 bits per heavy atom. The molecule has 0 bridgehead atoms. The zero-order chi connectivity index (χ0) is 17.0. The number of unbranched alkanes of at least 4 members (excludes halogenated alkanes) is 5. The summed E-state index contributed by atoms with van der Waals surface area (Å²) < 4.78 is 5.73. The fourth-order valence-corrected chi connectivity index (χ4v) is 2.26. The molecule has 128 valence electrons. The minimum Gasteiger partial charge on any atom is -0.506 e. The lowest BCUT2D eigenvalue weighted by Crippen LogP contribution is -1.97. The van der Waals surface area contributed by atoms with E-state index in [1.807, 2.05) is 12.1 Å². The number of rotatable bonds is 10. The SMILES string of the molecule is CCCCCCCCOc1ccc(O)c(N=Nc2ccccn2)c1. The van der Waals surface area contributed by atoms with Crippen LogP contribution in [0.1, 0.15) is 45.4 Å². The van der Waals surface area contributed by atoms with E-state index in [-0.39, 0.29) is 5.75 Å². The van der Waals surface area contributed by atoms with Crippen molar-refractivity contribution in [1.29, 1.82) is 0 Å². The van der Waals surface area contributed by atoms with Crippen molar-refractivity contribution >= 4 is 11.5 Å². The number of aromatic nitrogens is 1. The number of ether oxygens (including phenoxy) is 1. The highest BCUT2D eigenvalue weighted by Crippen LogP contribution is 2.31. The third-order valence-corrected chi connectivity index (χ3v) is 3.62. The first-order valence-corrected chi connectivity index (χ1v) is 8.58. The first-order chi connectivity index (χ1) is 11.8. The Labute approximate surface area is 143 Å². The number of phenols is 1. The summed E-state index contributed by atoms with van der Waals surface area (Å²) in [5.41, 5.74) is 0.376. The summed E-state index contributed by atoms with van der Waals surface area (Å²) >= 11 is 0. The number of hydrogen-bond acceptors (Lipinski definition) is 5. The molecule has 2 aromatic rings. The smallest absolute Gasteiger partial charge is 0.174 e. The lowest BCUT2D eigenvalue weighted by atomic mass is 10.1. The molecule has 0 aliphatic rings. The van der Waals surface area contributed by atoms with Gasteiger partial charge in [0.2, 0.25) is 0 Å². The van der Waals surface area contributed by atoms with Gasteiger partial charge >= 0.3 is 0 Å². The van der Waals surface area contributed by atoms with Gasteiger partial charge in [0.15, 0.2) is 5.82 Å². The zero-order valence-corrected chi connectivity index (χ0v) is 14.2. The van der Waals surface area contributed by atoms with Crippen molar-refractivity contribution in [1.82, 2.24) is 4.98 Å². The van der Waals surface area contributed by atoms with Gasteiger partial charge in [-0.15, -0.1) is 10.2 Å². The second-order valence-corrected chi connectivity index (χ2v) is 5.65. The van der Waals surface area contributed by atoms with Gasteiger partial charge in [0, 0.05) is 12.3 Å². The second-order valence-electron chi connectivity index (χ2n) is 5.65. The monoisotopic (exact) mass is 327 g/mol. The lowest BCUT2D eigenvalue weighted by Gasteiger charge is -2.07. The first kappa shape index (κ1) is 17.9. The molecule has 0 unspecified atom stereocenters. The fourth-order valence-electron chi connectivity index (χ4n) is 2.26. The van der Waals surface area contributed by atoms with Gasteiger partial charge in [-0.3, -0.25) is 0 Å². The molecule has 2 rings (SSSR count). The van der Waals surface area contributed by atoms with Crippen LogP contribution in [0.5, 0.6) is 11.5 Å². The summed E-state index contributed by atoms with van der Waals surface area (Å²) in [6, 6.07) is 10.4. The average molecular weight is 327 g/mol. The average Bonchev–Trinajstić information content (AvgIpc) is 2.62. The minimum absolute atomic E-state index is 0.0709. The summed E-state index contributed by atoms with van der Waals surface area (Å²) in [6.45, 7) is 2.89. The van der Waals surface area contributed by atoms with E-state index in [0.29, 0.717) is 23.9 Å². The predicted octanol–water partition coefficient (Wildman–Crippen LogP) is 5.94. The molecule has 0 saturated heterocycles. The van der Waals surface area contributed by atoms with Crippen LogP contribution < -0.4 is 4.74 Å². The summed E-state index contributed by atoms with van der Waals surface area (Å²) in [7, 11) is 0. The second kappa shape index (κ2) is 10.4. The Hall–Kier alpha value is -2.43. The molecule has 0 saturated carbocycles. The molecule has 0 aliphatic carbocycles. The minimum atomic E-state index is 0.0709. The van der Waals surface area contributed by atoms with E-state index >= 15 is 0 Å². The summed E-state index contributed by atoms with van der Waals surface area (Å²) in [5.74, 6) is 1.26. The van der Waals surface area contributed by atoms with Crippen LogP contribution in [0.15, 0.2) is 52.8 Å². The van der Waals surface area contributed by atoms with Gasteiger partial charge in [-0.1, -0.05) is 45.1 Å². The summed E-state index contributed by atoms with van der Waals surface area (Å²) in [6.07, 6.45) is 9.00. The quantitative estimate of drug-likeness (QED) is 0.433. The van der Waals surface area contributed by atoms with Gasteiger partial charge in [0.05, 0.1) is 6.61 Å². The maximum Gasteiger partial charge on any atom is 0.174 e. The van der Waals surface area contributed by atoms with E-state index in [4.69, 9.17) is 4.74 Å². The van der Waals surface area contributed by atoms with Crippen molar-refractivity contribution < 1.29 is 9.84 Å². The van der Waals surface area contributed by atoms with Crippen LogP contribution >= 0.6 is 0 Å². The number of hydrogen-bond donors (Lipinski definition) is 1. The van der Waals surface area contributed by atoms with Crippen LogP contribution in [0.2, 0.25) is 0 Å². The number of azo groups is 1. The van der Waals surface area contributed by atoms with E-state index < -0.39 is 0 Å². The molecule has 1 aromatic heterocycles. The fraction of sp³-hybridized carbons (Fsp3) is 0.421. The Balaban J connectivity index is 1.83. The molecular weight excluding hydrogens is 302 g/mol. The zero-order valence-electron chi connectivity index (χ0n) is 14.2. The molecule has 0 fully saturated rings. The summed E-state index contributed by atoms with van der Waals surface area (Å²) in [4.78, 5) is 4.06. The maximum atomic E-state index is 9.88. The first-order valence-electron chi connectivity index (χ1n) is 8.58. The molecule has 24 heavy (non-hydrogen) atoms. The third kappa shape index (κ3) is 6.36. The molecule has 1 aromatic carbocycles. The van der Waals surface area contributed by atoms with Gasteiger partial charge < -0.3 is 9.84 Å². The van der Waals surface area contributed by atoms with Crippen molar-refractivity contribution in [2.24, 2.45) is 10.2 Å². The highest BCUT2D eigenvalue weighted by atomic mass is 16.5. The Morgan fingerprint density at radius 3 is 2.62 bits per heavy atom. The molecule has 5 nitrogen and oxygen atoms in total. The number of phenolic OH excluding ortho intramolecular Hbond substituents is 1. The van der Waals surface area contributed by atoms with E-state index in [9.17, 15) is 5.11 Å². The van der Waals surface area contributed by atoms with Crippen molar-refractivity contribution in [3.8, 4) is 11.5 Å². The van der Waals surface area contributed by atoms with Crippen LogP contribution in [0, 0.1) is 0 Å². The van der Waals surface area contributed by atoms with Gasteiger partial charge in [-0.05, 0) is 30.7 Å². The largest absolute Gasteiger partial charge is 0.506 e. The molecule has 5 heteroatoms. The van der Waals surface area contributed by atoms with Gasteiger partial charge in [0.25, 0.3) is 0 Å². The predicted molar refractivity (Wildman–Crippen MR) is 95.4 cm³/mol. The van der Waals surface area contributed by atoms with Crippen LogP contribution in [0.25, 0.3) is 0 Å². The molecule has 0 aliphatic heterocycles. The highest BCUT2D eigenvalue weighted by molar-refractivity contribution is 5.54. The molecular formula is C19H25N3O2. The summed E-state index contributed by atoms with van der Waals surface area (Å²) in [5, 5.41) is 17.9. The molecule has 0 atom stereocenters. The standard InChI is InChI=1S/C19H25N3O2/c1-2-3-4-5-6-9-14-24-16-11-12-18(23)17(15-16)21-22-19-10-7-8-13-20-19/h7-8,10-13,15,23H,2-6,9,14H2,1H3. The molecule has 1 N–H and O–H groups in total. The lowest BCUT2D eigenvalue weighted by molar-refractivity contribution is 0.304. The normalized spacial score (nSPS) is 11.0. The van der Waals surface area contributed by atoms with Crippen LogP contribution in [0.4, 0.5) is 11.5 Å². The van der Waals surface area contributed by atoms with Crippen molar-refractivity contribution in [3.63, 3.8) is 0 Å². The van der Waals surface area contributed by atoms with E-state index in [0.717, 1.165) is 6.42 Å². The van der Waals surface area contributed by atoms with Crippen LogP contribution in [-0.2, 0) is 0 Å². The van der Waals surface area contributed by atoms with Crippen molar-refractivity contribution in [2.45, 2.75) is 45.4 Å². The Morgan fingerprint density at radius 1 is 1.00 bits per heavy atom. The van der Waals surface area contributed by atoms with Crippen molar-refractivity contribution in [2.75, 3.05) is 6.61 Å². The number of benzene rings is 1. The number of aromatic hydroxyl groups is 1. The third-order valence-electron chi connectivity index (χ3n) is 3.62. The van der Waals surface area contributed by atoms with Gasteiger partial charge in [0.1, 0.15) is 17.2 Å². The van der Waals surface area contributed by atoms with Crippen molar-refractivity contribution in [3.05, 3.63) is 42.6 Å². The maximum absolute atomic E-state index is 9.88. The van der Waals surface area contributed by atoms with E-state index in [1.54, 1.807) is 30.5 Å². The molecule has 0 amide bonds. The van der Waals surface area contributed by atoms with Gasteiger partial charge in [-0.2, -0.15) is 0 Å². The Kier molecular flexibility index (Phi) is 7.74. The topological polar surface area (TPSA) is 67.1 Å². The van der Waals surface area contributed by atoms with E-state index in [2.05, 4.69) is 22.1 Å². The molecule has 1 heterocycles. The number of nitrogens with zero attached hydrogens (tertiary/aromatic N) is 3. The van der Waals surface area contributed by atoms with E-state index in [1.165, 1.54) is 32.1 Å². The highest BCUT2D eigenvalue weighted by Gasteiger charge is 2.03. The van der Waals surface area contributed by atoms with Crippen LogP contribution in [0.3, 0.4) is 0 Å². The number of pyridine rings is 1. The molecule has 0 radical (unpaired) electrons.